The normalized spacial score (nSPS) is 10.3. The first-order valence-electron chi connectivity index (χ1n) is 9.64. The minimum absolute atomic E-state index is 0.352. The Bertz CT molecular complexity index is 278. The van der Waals surface area contributed by atoms with Crippen molar-refractivity contribution in [1.82, 2.24) is 0 Å². The molecule has 6 heteroatoms. The van der Waals surface area contributed by atoms with Crippen molar-refractivity contribution in [2.75, 3.05) is 13.2 Å². The average Bonchev–Trinajstić information content (AvgIpc) is 2.61. The van der Waals surface area contributed by atoms with Crippen LogP contribution >= 0.6 is 0 Å². The van der Waals surface area contributed by atoms with Crippen LogP contribution in [0.3, 0.4) is 0 Å². The number of carbonyl (C=O) groups is 2. The number of aliphatic hydroxyl groups excluding tert-OH is 3. The lowest BCUT2D eigenvalue weighted by molar-refractivity contribution is -0.159. The fraction of sp³-hybridized carbons (Fsp3) is 0.895. The molecule has 0 amide bonds. The Kier molecular flexibility index (Phi) is 22.1. The van der Waals surface area contributed by atoms with Gasteiger partial charge in [0.25, 0.3) is 0 Å². The Morgan fingerprint density at radius 2 is 1.08 bits per heavy atom. The number of unbranched alkanes of at least 4 members (excludes halogenated alkanes) is 8. The van der Waals surface area contributed by atoms with Gasteiger partial charge in [0.1, 0.15) is 6.10 Å². The molecule has 0 heterocycles. The third-order valence-corrected chi connectivity index (χ3v) is 3.62. The zero-order chi connectivity index (χ0) is 19.3. The van der Waals surface area contributed by atoms with Gasteiger partial charge in [0.05, 0.1) is 13.2 Å². The molecule has 3 N–H and O–H groups in total. The molecule has 0 aliphatic rings. The van der Waals surface area contributed by atoms with E-state index in [-0.39, 0.29) is 25.2 Å². The summed E-state index contributed by atoms with van der Waals surface area (Å²) < 4.78 is 4.79. The van der Waals surface area contributed by atoms with Crippen LogP contribution in [-0.2, 0) is 14.3 Å². The third-order valence-electron chi connectivity index (χ3n) is 3.62. The van der Waals surface area contributed by atoms with Gasteiger partial charge in [0.15, 0.2) is 0 Å². The predicted molar refractivity (Wildman–Crippen MR) is 98.0 cm³/mol. The first kappa shape index (κ1) is 26.3. The van der Waals surface area contributed by atoms with Crippen LogP contribution in [0.2, 0.25) is 0 Å². The second-order valence-electron chi connectivity index (χ2n) is 6.19. The summed E-state index contributed by atoms with van der Waals surface area (Å²) in [7, 11) is 0. The Labute approximate surface area is 152 Å². The number of esters is 2. The number of rotatable bonds is 14. The summed E-state index contributed by atoms with van der Waals surface area (Å²) in [6, 6.07) is 0. The van der Waals surface area contributed by atoms with Crippen molar-refractivity contribution in [2.24, 2.45) is 0 Å². The monoisotopic (exact) mass is 362 g/mol. The molecule has 6 nitrogen and oxygen atoms in total. The van der Waals surface area contributed by atoms with Crippen molar-refractivity contribution < 1.29 is 29.6 Å². The van der Waals surface area contributed by atoms with Gasteiger partial charge in [-0.1, -0.05) is 65.2 Å². The summed E-state index contributed by atoms with van der Waals surface area (Å²) in [6.45, 7) is 3.59. The highest BCUT2D eigenvalue weighted by Crippen LogP contribution is 2.08. The lowest BCUT2D eigenvalue weighted by atomic mass is 10.1. The predicted octanol–water partition coefficient (Wildman–Crippen LogP) is 3.11. The van der Waals surface area contributed by atoms with Crippen LogP contribution in [-0.4, -0.2) is 46.6 Å². The molecule has 0 spiro atoms. The van der Waals surface area contributed by atoms with Crippen LogP contribution in [0.25, 0.3) is 0 Å². The molecule has 0 fully saturated rings. The molecule has 0 aliphatic heterocycles. The van der Waals surface area contributed by atoms with E-state index in [0.29, 0.717) is 12.8 Å². The second-order valence-corrected chi connectivity index (χ2v) is 6.19. The van der Waals surface area contributed by atoms with Crippen molar-refractivity contribution in [1.29, 1.82) is 0 Å². The van der Waals surface area contributed by atoms with Gasteiger partial charge >= 0.3 is 11.9 Å². The first-order valence-corrected chi connectivity index (χ1v) is 9.64. The molecule has 0 unspecified atom stereocenters. The van der Waals surface area contributed by atoms with Crippen molar-refractivity contribution in [3.63, 3.8) is 0 Å². The average molecular weight is 363 g/mol. The maximum Gasteiger partial charge on any atom is 0.313 e. The van der Waals surface area contributed by atoms with Crippen LogP contribution in [0, 0.1) is 0 Å². The summed E-state index contributed by atoms with van der Waals surface area (Å²) in [5, 5.41) is 24.0. The van der Waals surface area contributed by atoms with Crippen LogP contribution in [0.5, 0.6) is 0 Å². The molecule has 0 aromatic heterocycles. The number of hydrogen-bond acceptors (Lipinski definition) is 6. The van der Waals surface area contributed by atoms with E-state index in [4.69, 9.17) is 20.1 Å². The van der Waals surface area contributed by atoms with Crippen molar-refractivity contribution in [3.05, 3.63) is 0 Å². The van der Waals surface area contributed by atoms with E-state index in [1.807, 2.05) is 0 Å². The molecule has 0 aliphatic carbocycles. The Balaban J connectivity index is 0. The highest BCUT2D eigenvalue weighted by Gasteiger charge is 2.09. The molecule has 0 aromatic rings. The summed E-state index contributed by atoms with van der Waals surface area (Å²) in [5.41, 5.74) is 0. The summed E-state index contributed by atoms with van der Waals surface area (Å²) in [5.74, 6) is -0.704. The molecule has 0 saturated heterocycles. The molecule has 0 bridgehead atoms. The smallest absolute Gasteiger partial charge is 0.313 e. The van der Waals surface area contributed by atoms with E-state index in [0.717, 1.165) is 38.5 Å². The van der Waals surface area contributed by atoms with E-state index in [9.17, 15) is 9.59 Å². The van der Waals surface area contributed by atoms with Crippen LogP contribution in [0.1, 0.15) is 90.9 Å². The molecular weight excluding hydrogens is 324 g/mol. The van der Waals surface area contributed by atoms with Crippen molar-refractivity contribution in [3.8, 4) is 0 Å². The van der Waals surface area contributed by atoms with Crippen LogP contribution in [0.4, 0.5) is 0 Å². The highest BCUT2D eigenvalue weighted by atomic mass is 16.6. The van der Waals surface area contributed by atoms with Gasteiger partial charge in [-0.15, -0.1) is 0 Å². The molecule has 0 aromatic carbocycles. The fourth-order valence-corrected chi connectivity index (χ4v) is 2.03. The highest BCUT2D eigenvalue weighted by molar-refractivity contribution is 5.85. The zero-order valence-corrected chi connectivity index (χ0v) is 16.0. The quantitative estimate of drug-likeness (QED) is 0.249. The van der Waals surface area contributed by atoms with E-state index >= 15 is 0 Å². The van der Waals surface area contributed by atoms with Crippen molar-refractivity contribution >= 4 is 11.9 Å². The van der Waals surface area contributed by atoms with Gasteiger partial charge in [-0.25, -0.2) is 0 Å². The van der Waals surface area contributed by atoms with Crippen LogP contribution < -0.4 is 0 Å². The minimum atomic E-state index is -0.954. The first-order chi connectivity index (χ1) is 12.0. The number of aliphatic hydroxyl groups is 3. The number of carbonyl (C=O) groups excluding carboxylic acids is 2. The largest absolute Gasteiger partial charge is 0.394 e. The Hall–Kier alpha value is -0.980. The minimum Gasteiger partial charge on any atom is -0.394 e. The summed E-state index contributed by atoms with van der Waals surface area (Å²) in [6.07, 6.45) is 10.7. The summed E-state index contributed by atoms with van der Waals surface area (Å²) >= 11 is 0. The molecule has 25 heavy (non-hydrogen) atoms. The van der Waals surface area contributed by atoms with E-state index < -0.39 is 6.10 Å². The maximum absolute atomic E-state index is 11.4. The van der Waals surface area contributed by atoms with Gasteiger partial charge in [-0.05, 0) is 12.8 Å². The molecule has 0 rings (SSSR count). The standard InChI is InChI=1S/C16H30O3.C3H8O3/c1-3-5-7-9-11-13-15(17)19-16(18)14-12-10-8-6-4-2;4-1-3(6)2-5/h3-14H2,1-2H3;3-6H,1-2H2. The number of hydrogen-bond donors (Lipinski definition) is 3. The topological polar surface area (TPSA) is 104 Å². The van der Waals surface area contributed by atoms with E-state index in [2.05, 4.69) is 13.8 Å². The maximum atomic E-state index is 11.4. The third kappa shape index (κ3) is 23.0. The van der Waals surface area contributed by atoms with E-state index in [1.54, 1.807) is 0 Å². The van der Waals surface area contributed by atoms with Gasteiger partial charge < -0.3 is 20.1 Å². The fourth-order valence-electron chi connectivity index (χ4n) is 2.03. The summed E-state index contributed by atoms with van der Waals surface area (Å²) in [4.78, 5) is 22.8. The molecule has 0 radical (unpaired) electrons. The second kappa shape index (κ2) is 21.1. The van der Waals surface area contributed by atoms with E-state index in [1.165, 1.54) is 25.7 Å². The van der Waals surface area contributed by atoms with Gasteiger partial charge in [-0.3, -0.25) is 9.59 Å². The molecular formula is C19H38O6. The van der Waals surface area contributed by atoms with Crippen LogP contribution in [0.15, 0.2) is 0 Å². The molecule has 150 valence electrons. The Morgan fingerprint density at radius 3 is 1.36 bits per heavy atom. The van der Waals surface area contributed by atoms with Gasteiger partial charge in [0, 0.05) is 12.8 Å². The molecule has 0 saturated carbocycles. The van der Waals surface area contributed by atoms with Gasteiger partial charge in [0.2, 0.25) is 0 Å². The van der Waals surface area contributed by atoms with Gasteiger partial charge in [-0.2, -0.15) is 0 Å². The number of ether oxygens (including phenoxy) is 1. The lowest BCUT2D eigenvalue weighted by Crippen LogP contribution is -2.15. The molecule has 0 atom stereocenters. The van der Waals surface area contributed by atoms with Crippen molar-refractivity contribution in [2.45, 2.75) is 97.0 Å². The zero-order valence-electron chi connectivity index (χ0n) is 16.0. The Morgan fingerprint density at radius 1 is 0.720 bits per heavy atom. The lowest BCUT2D eigenvalue weighted by Gasteiger charge is -2.03. The SMILES string of the molecule is CCCCCCCC(=O)OC(=O)CCCCCCC.OCC(O)CO.